The molecule has 0 saturated carbocycles. The van der Waals surface area contributed by atoms with Crippen LogP contribution in [0.25, 0.3) is 10.7 Å². The van der Waals surface area contributed by atoms with Crippen molar-refractivity contribution >= 4 is 23.0 Å². The number of halogens is 3. The Morgan fingerprint density at radius 3 is 2.73 bits per heavy atom. The van der Waals surface area contributed by atoms with E-state index in [0.29, 0.717) is 28.8 Å². The molecule has 0 N–H and O–H groups in total. The number of alkyl halides is 3. The normalized spacial score (nSPS) is 11.5. The number of aromatic nitrogens is 6. The molecule has 4 rings (SSSR count). The maximum absolute atomic E-state index is 12.7. The maximum Gasteiger partial charge on any atom is 0.471 e. The van der Waals surface area contributed by atoms with Crippen LogP contribution in [0.1, 0.15) is 10.8 Å². The molecule has 0 unspecified atom stereocenters. The second kappa shape index (κ2) is 8.02. The third kappa shape index (κ3) is 4.20. The van der Waals surface area contributed by atoms with Gasteiger partial charge >= 0.3 is 12.1 Å². The molecule has 4 heterocycles. The van der Waals surface area contributed by atoms with E-state index < -0.39 is 12.1 Å². The summed E-state index contributed by atoms with van der Waals surface area (Å²) in [5.74, 6) is -0.0454. The molecule has 0 fully saturated rings. The van der Waals surface area contributed by atoms with Crippen molar-refractivity contribution < 1.29 is 22.4 Å². The van der Waals surface area contributed by atoms with E-state index in [4.69, 9.17) is 4.74 Å². The Morgan fingerprint density at radius 1 is 1.17 bits per heavy atom. The lowest BCUT2D eigenvalue weighted by molar-refractivity contribution is -0.159. The standard InChI is InChI=1S/C17H12F3N7O2S/c1-28-10-6-13(25-23-7-10)27(14-8-21-4-5-22-14)9-11-2-3-12(30-11)15-24-16(29-26-15)17(18,19)20/h2-8H,9H2,1H3. The molecular weight excluding hydrogens is 423 g/mol. The molecule has 0 spiro atoms. The highest BCUT2D eigenvalue weighted by atomic mass is 32.1. The van der Waals surface area contributed by atoms with E-state index in [1.54, 1.807) is 29.3 Å². The number of nitrogens with zero attached hydrogens (tertiary/aromatic N) is 7. The summed E-state index contributed by atoms with van der Waals surface area (Å²) in [5, 5.41) is 11.5. The van der Waals surface area contributed by atoms with Crippen molar-refractivity contribution in [2.24, 2.45) is 0 Å². The van der Waals surface area contributed by atoms with E-state index >= 15 is 0 Å². The molecule has 0 bridgehead atoms. The Labute approximate surface area is 171 Å². The van der Waals surface area contributed by atoms with Crippen LogP contribution in [0.4, 0.5) is 24.8 Å². The van der Waals surface area contributed by atoms with Gasteiger partial charge in [-0.2, -0.15) is 23.3 Å². The summed E-state index contributed by atoms with van der Waals surface area (Å²) in [4.78, 5) is 14.8. The Balaban J connectivity index is 1.63. The molecule has 9 nitrogen and oxygen atoms in total. The number of thiophene rings is 1. The van der Waals surface area contributed by atoms with Crippen molar-refractivity contribution in [1.82, 2.24) is 30.3 Å². The van der Waals surface area contributed by atoms with Crippen molar-refractivity contribution in [1.29, 1.82) is 0 Å². The summed E-state index contributed by atoms with van der Waals surface area (Å²) in [6.45, 7) is 0.301. The minimum absolute atomic E-state index is 0.134. The fourth-order valence-corrected chi connectivity index (χ4v) is 3.39. The molecule has 0 aliphatic heterocycles. The van der Waals surface area contributed by atoms with Crippen LogP contribution in [0.5, 0.6) is 5.75 Å². The van der Waals surface area contributed by atoms with Gasteiger partial charge in [0.2, 0.25) is 5.82 Å². The van der Waals surface area contributed by atoms with Gasteiger partial charge in [-0.05, 0) is 12.1 Å². The molecule has 0 aliphatic rings. The second-order valence-electron chi connectivity index (χ2n) is 5.79. The fourth-order valence-electron chi connectivity index (χ4n) is 2.47. The van der Waals surface area contributed by atoms with Crippen LogP contribution in [0.2, 0.25) is 0 Å². The summed E-state index contributed by atoms with van der Waals surface area (Å²) in [6.07, 6.45) is 1.41. The van der Waals surface area contributed by atoms with Crippen LogP contribution >= 0.6 is 11.3 Å². The van der Waals surface area contributed by atoms with E-state index in [0.717, 1.165) is 4.88 Å². The van der Waals surface area contributed by atoms with E-state index in [2.05, 4.69) is 34.8 Å². The molecular formula is C17H12F3N7O2S. The first-order valence-electron chi connectivity index (χ1n) is 8.34. The van der Waals surface area contributed by atoms with Crippen LogP contribution < -0.4 is 9.64 Å². The lowest BCUT2D eigenvalue weighted by atomic mass is 10.3. The number of hydrogen-bond acceptors (Lipinski definition) is 10. The number of rotatable bonds is 6. The number of anilines is 2. The van der Waals surface area contributed by atoms with Crippen LogP contribution in [0.15, 0.2) is 47.5 Å². The fraction of sp³-hybridized carbons (Fsp3) is 0.176. The first kappa shape index (κ1) is 19.7. The summed E-state index contributed by atoms with van der Waals surface area (Å²) < 4.78 is 47.6. The summed E-state index contributed by atoms with van der Waals surface area (Å²) in [6, 6.07) is 5.06. The predicted molar refractivity (Wildman–Crippen MR) is 99.1 cm³/mol. The molecule has 0 aromatic carbocycles. The lowest BCUT2D eigenvalue weighted by Gasteiger charge is -2.21. The van der Waals surface area contributed by atoms with Crippen LogP contribution in [0.3, 0.4) is 0 Å². The minimum Gasteiger partial charge on any atom is -0.495 e. The lowest BCUT2D eigenvalue weighted by Crippen LogP contribution is -2.19. The van der Waals surface area contributed by atoms with Crippen LogP contribution in [-0.4, -0.2) is 37.4 Å². The first-order valence-corrected chi connectivity index (χ1v) is 9.16. The Bertz CT molecular complexity index is 1130. The highest BCUT2D eigenvalue weighted by Crippen LogP contribution is 2.33. The highest BCUT2D eigenvalue weighted by molar-refractivity contribution is 7.15. The second-order valence-corrected chi connectivity index (χ2v) is 6.96. The van der Waals surface area contributed by atoms with E-state index in [9.17, 15) is 13.2 Å². The van der Waals surface area contributed by atoms with E-state index in [1.165, 1.54) is 37.0 Å². The van der Waals surface area contributed by atoms with Gasteiger partial charge in [0.05, 0.1) is 30.9 Å². The average molecular weight is 435 g/mol. The van der Waals surface area contributed by atoms with Gasteiger partial charge in [-0.1, -0.05) is 5.16 Å². The monoisotopic (exact) mass is 435 g/mol. The smallest absolute Gasteiger partial charge is 0.471 e. The molecule has 0 saturated heterocycles. The highest BCUT2D eigenvalue weighted by Gasteiger charge is 2.38. The van der Waals surface area contributed by atoms with Gasteiger partial charge in [0.1, 0.15) is 5.75 Å². The van der Waals surface area contributed by atoms with E-state index in [1.807, 2.05) is 0 Å². The largest absolute Gasteiger partial charge is 0.495 e. The van der Waals surface area contributed by atoms with Gasteiger partial charge in [0.25, 0.3) is 0 Å². The molecule has 0 amide bonds. The SMILES string of the molecule is COc1cnnc(N(Cc2ccc(-c3noc(C(F)(F)F)n3)s2)c2cnccn2)c1. The molecule has 13 heteroatoms. The average Bonchev–Trinajstić information content (AvgIpc) is 3.42. The molecule has 30 heavy (non-hydrogen) atoms. The van der Waals surface area contributed by atoms with Gasteiger partial charge in [-0.15, -0.1) is 16.4 Å². The van der Waals surface area contributed by atoms with Gasteiger partial charge in [0.15, 0.2) is 11.6 Å². The Kier molecular flexibility index (Phi) is 5.27. The minimum atomic E-state index is -4.70. The molecule has 154 valence electrons. The summed E-state index contributed by atoms with van der Waals surface area (Å²) in [5.41, 5.74) is 0. The first-order chi connectivity index (χ1) is 14.4. The molecule has 0 radical (unpaired) electrons. The van der Waals surface area contributed by atoms with Crippen molar-refractivity contribution in [3.63, 3.8) is 0 Å². The zero-order chi connectivity index (χ0) is 21.1. The Morgan fingerprint density at radius 2 is 2.03 bits per heavy atom. The van der Waals surface area contributed by atoms with E-state index in [-0.39, 0.29) is 5.82 Å². The zero-order valence-electron chi connectivity index (χ0n) is 15.2. The van der Waals surface area contributed by atoms with Crippen LogP contribution in [-0.2, 0) is 12.7 Å². The Hall–Kier alpha value is -3.61. The molecule has 0 atom stereocenters. The predicted octanol–water partition coefficient (Wildman–Crippen LogP) is 3.74. The van der Waals surface area contributed by atoms with Gasteiger partial charge in [-0.3, -0.25) is 4.98 Å². The molecule has 0 aliphatic carbocycles. The zero-order valence-corrected chi connectivity index (χ0v) is 16.1. The van der Waals surface area contributed by atoms with Crippen molar-refractivity contribution in [2.45, 2.75) is 12.7 Å². The van der Waals surface area contributed by atoms with Gasteiger partial charge < -0.3 is 14.2 Å². The van der Waals surface area contributed by atoms with Crippen molar-refractivity contribution in [3.05, 3.63) is 53.8 Å². The van der Waals surface area contributed by atoms with Gasteiger partial charge in [0, 0.05) is 23.3 Å². The van der Waals surface area contributed by atoms with Crippen molar-refractivity contribution in [3.8, 4) is 16.5 Å². The number of methoxy groups -OCH3 is 1. The van der Waals surface area contributed by atoms with Gasteiger partial charge in [-0.25, -0.2) is 4.98 Å². The third-order valence-electron chi connectivity index (χ3n) is 3.82. The summed E-state index contributed by atoms with van der Waals surface area (Å²) in [7, 11) is 1.51. The summed E-state index contributed by atoms with van der Waals surface area (Å²) >= 11 is 1.22. The van der Waals surface area contributed by atoms with Crippen LogP contribution in [0, 0.1) is 0 Å². The third-order valence-corrected chi connectivity index (χ3v) is 4.89. The molecule has 4 aromatic rings. The number of hydrogen-bond donors (Lipinski definition) is 0. The van der Waals surface area contributed by atoms with Crippen molar-refractivity contribution in [2.75, 3.05) is 12.0 Å². The maximum atomic E-state index is 12.7. The number of ether oxygens (including phenoxy) is 1. The molecule has 4 aromatic heterocycles. The quantitative estimate of drug-likeness (QED) is 0.448. The topological polar surface area (TPSA) is 103 Å².